The number of benzene rings is 2. The lowest BCUT2D eigenvalue weighted by molar-refractivity contribution is -0.385. The summed E-state index contributed by atoms with van der Waals surface area (Å²) in [5.74, 6) is -0.419. The number of nitrogens with one attached hydrogen (secondary N) is 1. The van der Waals surface area contributed by atoms with Crippen molar-refractivity contribution in [2.24, 2.45) is 0 Å². The van der Waals surface area contributed by atoms with Crippen molar-refractivity contribution in [2.45, 2.75) is 30.2 Å². The van der Waals surface area contributed by atoms with Crippen molar-refractivity contribution in [3.05, 3.63) is 63.2 Å². The Balaban J connectivity index is 1.90. The van der Waals surface area contributed by atoms with Crippen molar-refractivity contribution in [1.29, 1.82) is 0 Å². The Morgan fingerprint density at radius 2 is 2.12 bits per heavy atom. The van der Waals surface area contributed by atoms with Gasteiger partial charge in [-0.2, -0.15) is 0 Å². The fraction of sp³-hybridized carbons (Fsp3) is 0.278. The third kappa shape index (κ3) is 3.61. The number of fused-ring (bicyclic) bond motifs is 1. The van der Waals surface area contributed by atoms with Crippen molar-refractivity contribution < 1.29 is 9.72 Å². The summed E-state index contributed by atoms with van der Waals surface area (Å²) in [6, 6.07) is 10.1. The number of hydrogen-bond donors (Lipinski definition) is 2. The number of nitro groups is 1. The van der Waals surface area contributed by atoms with Crippen LogP contribution in [0.3, 0.4) is 0 Å². The lowest BCUT2D eigenvalue weighted by atomic mass is 9.87. The first-order valence-corrected chi connectivity index (χ1v) is 9.23. The zero-order valence-electron chi connectivity index (χ0n) is 13.8. The molecular weight excluding hydrogens is 338 g/mol. The summed E-state index contributed by atoms with van der Waals surface area (Å²) in [5.41, 5.74) is 8.63. The van der Waals surface area contributed by atoms with Crippen LogP contribution in [0.5, 0.6) is 0 Å². The summed E-state index contributed by atoms with van der Waals surface area (Å²) in [6.45, 7) is 0. The summed E-state index contributed by atoms with van der Waals surface area (Å²) in [7, 11) is 0. The van der Waals surface area contributed by atoms with Gasteiger partial charge in [0.15, 0.2) is 0 Å². The number of nitro benzene ring substituents is 1. The highest BCUT2D eigenvalue weighted by Gasteiger charge is 2.26. The smallest absolute Gasteiger partial charge is 0.282 e. The molecule has 0 aliphatic heterocycles. The van der Waals surface area contributed by atoms with E-state index in [1.807, 2.05) is 24.5 Å². The first-order chi connectivity index (χ1) is 12.0. The highest BCUT2D eigenvalue weighted by molar-refractivity contribution is 7.98. The zero-order chi connectivity index (χ0) is 18.0. The molecule has 3 N–H and O–H groups in total. The standard InChI is InChI=1S/C18H19N3O3S/c1-25-13-6-8-17(21(23)24)15(10-13)18(22)20-16-4-2-3-11-9-12(19)5-7-14(11)16/h5-10,16H,2-4,19H2,1H3,(H,20,22). The van der Waals surface area contributed by atoms with Gasteiger partial charge in [0, 0.05) is 16.6 Å². The van der Waals surface area contributed by atoms with Gasteiger partial charge in [0.25, 0.3) is 11.6 Å². The molecule has 130 valence electrons. The van der Waals surface area contributed by atoms with E-state index in [0.717, 1.165) is 35.3 Å². The summed E-state index contributed by atoms with van der Waals surface area (Å²) in [4.78, 5) is 24.3. The van der Waals surface area contributed by atoms with Gasteiger partial charge in [-0.3, -0.25) is 14.9 Å². The van der Waals surface area contributed by atoms with Gasteiger partial charge < -0.3 is 11.1 Å². The number of anilines is 1. The Hall–Kier alpha value is -2.54. The van der Waals surface area contributed by atoms with Crippen LogP contribution in [0.15, 0.2) is 41.3 Å². The number of carbonyl (C=O) groups excluding carboxylic acids is 1. The maximum absolute atomic E-state index is 12.7. The molecule has 0 fully saturated rings. The quantitative estimate of drug-likeness (QED) is 0.376. The van der Waals surface area contributed by atoms with Gasteiger partial charge in [0.1, 0.15) is 5.56 Å². The molecule has 1 amide bonds. The van der Waals surface area contributed by atoms with Crippen molar-refractivity contribution in [2.75, 3.05) is 12.0 Å². The fourth-order valence-corrected chi connectivity index (χ4v) is 3.64. The van der Waals surface area contributed by atoms with E-state index in [9.17, 15) is 14.9 Å². The average molecular weight is 357 g/mol. The first kappa shape index (κ1) is 17.3. The topological polar surface area (TPSA) is 98.3 Å². The second-order valence-corrected chi connectivity index (χ2v) is 6.90. The minimum Gasteiger partial charge on any atom is -0.399 e. The maximum atomic E-state index is 12.7. The molecule has 3 rings (SSSR count). The lowest BCUT2D eigenvalue weighted by Gasteiger charge is -2.26. The van der Waals surface area contributed by atoms with Crippen LogP contribution < -0.4 is 11.1 Å². The molecule has 1 unspecified atom stereocenters. The third-order valence-corrected chi connectivity index (χ3v) is 5.16. The highest BCUT2D eigenvalue weighted by Crippen LogP contribution is 2.32. The van der Waals surface area contributed by atoms with Crippen molar-refractivity contribution in [3.63, 3.8) is 0 Å². The van der Waals surface area contributed by atoms with Crippen LogP contribution in [-0.2, 0) is 6.42 Å². The average Bonchev–Trinajstić information content (AvgIpc) is 2.60. The number of rotatable bonds is 4. The zero-order valence-corrected chi connectivity index (χ0v) is 14.6. The van der Waals surface area contributed by atoms with E-state index in [2.05, 4.69) is 5.32 Å². The number of nitrogens with two attached hydrogens (primary N) is 1. The molecule has 2 aromatic rings. The number of hydrogen-bond acceptors (Lipinski definition) is 5. The number of nitrogen functional groups attached to an aromatic ring is 1. The van der Waals surface area contributed by atoms with E-state index < -0.39 is 10.8 Å². The largest absolute Gasteiger partial charge is 0.399 e. The molecule has 0 bridgehead atoms. The van der Waals surface area contributed by atoms with Gasteiger partial charge in [0.2, 0.25) is 0 Å². The van der Waals surface area contributed by atoms with Crippen LogP contribution in [0.4, 0.5) is 11.4 Å². The molecule has 0 saturated heterocycles. The van der Waals surface area contributed by atoms with Gasteiger partial charge in [0.05, 0.1) is 11.0 Å². The van der Waals surface area contributed by atoms with Gasteiger partial charge in [-0.15, -0.1) is 11.8 Å². The van der Waals surface area contributed by atoms with E-state index in [-0.39, 0.29) is 17.3 Å². The van der Waals surface area contributed by atoms with Crippen molar-refractivity contribution >= 4 is 29.0 Å². The Bertz CT molecular complexity index is 838. The number of carbonyl (C=O) groups is 1. The van der Waals surface area contributed by atoms with Crippen molar-refractivity contribution in [1.82, 2.24) is 5.32 Å². The Kier molecular flexibility index (Phi) is 4.94. The van der Waals surface area contributed by atoms with Crippen LogP contribution in [0.2, 0.25) is 0 Å². The molecule has 25 heavy (non-hydrogen) atoms. The summed E-state index contributed by atoms with van der Waals surface area (Å²) < 4.78 is 0. The molecule has 0 aromatic heterocycles. The Morgan fingerprint density at radius 3 is 2.84 bits per heavy atom. The predicted molar refractivity (Wildman–Crippen MR) is 98.9 cm³/mol. The SMILES string of the molecule is CSc1ccc([N+](=O)[O-])c(C(=O)NC2CCCc3cc(N)ccc32)c1. The van der Waals surface area contributed by atoms with Crippen LogP contribution in [0.25, 0.3) is 0 Å². The lowest BCUT2D eigenvalue weighted by Crippen LogP contribution is -2.31. The van der Waals surface area contributed by atoms with E-state index in [4.69, 9.17) is 5.73 Å². The van der Waals surface area contributed by atoms with Crippen molar-refractivity contribution in [3.8, 4) is 0 Å². The van der Waals surface area contributed by atoms with Crippen LogP contribution >= 0.6 is 11.8 Å². The predicted octanol–water partition coefficient (Wildman–Crippen LogP) is 3.71. The fourth-order valence-electron chi connectivity index (χ4n) is 3.20. The highest BCUT2D eigenvalue weighted by atomic mass is 32.2. The monoisotopic (exact) mass is 357 g/mol. The van der Waals surface area contributed by atoms with Crippen LogP contribution in [0, 0.1) is 10.1 Å². The molecule has 0 saturated carbocycles. The van der Waals surface area contributed by atoms with E-state index in [0.29, 0.717) is 5.69 Å². The second-order valence-electron chi connectivity index (χ2n) is 6.02. The van der Waals surface area contributed by atoms with Crippen LogP contribution in [-0.4, -0.2) is 17.1 Å². The van der Waals surface area contributed by atoms with Gasteiger partial charge in [-0.25, -0.2) is 0 Å². The Labute approximate surface area is 149 Å². The minimum atomic E-state index is -0.519. The molecule has 0 radical (unpaired) electrons. The number of thioether (sulfide) groups is 1. The molecular formula is C18H19N3O3S. The van der Waals surface area contributed by atoms with E-state index in [1.54, 1.807) is 12.1 Å². The summed E-state index contributed by atoms with van der Waals surface area (Å²) >= 11 is 1.44. The molecule has 1 atom stereocenters. The van der Waals surface area contributed by atoms with E-state index in [1.165, 1.54) is 17.8 Å². The molecule has 2 aromatic carbocycles. The molecule has 7 heteroatoms. The molecule has 1 aliphatic carbocycles. The maximum Gasteiger partial charge on any atom is 0.282 e. The number of amides is 1. The minimum absolute atomic E-state index is 0.0967. The first-order valence-electron chi connectivity index (χ1n) is 8.01. The number of aryl methyl sites for hydroxylation is 1. The molecule has 0 spiro atoms. The van der Waals surface area contributed by atoms with E-state index >= 15 is 0 Å². The molecule has 0 heterocycles. The summed E-state index contributed by atoms with van der Waals surface area (Å²) in [5, 5.41) is 14.2. The summed E-state index contributed by atoms with van der Waals surface area (Å²) in [6.07, 6.45) is 4.53. The third-order valence-electron chi connectivity index (χ3n) is 4.43. The number of nitrogens with zero attached hydrogens (tertiary/aromatic N) is 1. The Morgan fingerprint density at radius 1 is 1.32 bits per heavy atom. The van der Waals surface area contributed by atoms with Gasteiger partial charge in [-0.1, -0.05) is 6.07 Å². The normalized spacial score (nSPS) is 16.1. The molecule has 6 nitrogen and oxygen atoms in total. The van der Waals surface area contributed by atoms with Crippen LogP contribution in [0.1, 0.15) is 40.4 Å². The van der Waals surface area contributed by atoms with Gasteiger partial charge >= 0.3 is 0 Å². The second kappa shape index (κ2) is 7.14. The van der Waals surface area contributed by atoms with Gasteiger partial charge in [-0.05, 0) is 60.9 Å². The molecule has 1 aliphatic rings.